The number of carbonyl (C=O) groups is 3. The number of nitrogens with one attached hydrogen (secondary N) is 2. The van der Waals surface area contributed by atoms with E-state index in [1.54, 1.807) is 26.8 Å². The smallest absolute Gasteiger partial charge is 0.328 e. The minimum atomic E-state index is -1.50. The molecule has 0 unspecified atom stereocenters. The molecule has 6 N–H and O–H groups in total. The van der Waals surface area contributed by atoms with Crippen molar-refractivity contribution in [1.29, 1.82) is 0 Å². The van der Waals surface area contributed by atoms with Crippen molar-refractivity contribution in [2.45, 2.75) is 51.9 Å². The molecule has 0 spiro atoms. The molecule has 1 rings (SSSR count). The van der Waals surface area contributed by atoms with Gasteiger partial charge in [0.05, 0.1) is 11.7 Å². The number of ether oxygens (including phenoxy) is 1. The fourth-order valence-electron chi connectivity index (χ4n) is 2.41. The van der Waals surface area contributed by atoms with Crippen LogP contribution in [0, 0.1) is 5.92 Å². The van der Waals surface area contributed by atoms with Gasteiger partial charge in [0.1, 0.15) is 18.4 Å². The summed E-state index contributed by atoms with van der Waals surface area (Å²) in [6.07, 6.45) is -1.31. The Morgan fingerprint density at radius 1 is 1.14 bits per heavy atom. The van der Waals surface area contributed by atoms with Gasteiger partial charge >= 0.3 is 5.97 Å². The lowest BCUT2D eigenvalue weighted by Gasteiger charge is -2.25. The van der Waals surface area contributed by atoms with Crippen molar-refractivity contribution in [2.24, 2.45) is 11.7 Å². The van der Waals surface area contributed by atoms with E-state index in [9.17, 15) is 19.5 Å². The van der Waals surface area contributed by atoms with Crippen LogP contribution in [-0.4, -0.2) is 58.8 Å². The number of carboxylic acids is 1. The number of carbonyl (C=O) groups excluding carboxylic acids is 2. The second kappa shape index (κ2) is 11.0. The zero-order valence-electron chi connectivity index (χ0n) is 16.8. The predicted octanol–water partition coefficient (Wildman–Crippen LogP) is 0.771. The van der Waals surface area contributed by atoms with Gasteiger partial charge in [-0.15, -0.1) is 0 Å². The number of carboxylic acid groups (broad SMARTS) is 1. The van der Waals surface area contributed by atoms with E-state index in [4.69, 9.17) is 27.2 Å². The van der Waals surface area contributed by atoms with Crippen LogP contribution in [0.25, 0.3) is 0 Å². The van der Waals surface area contributed by atoms with E-state index >= 15 is 0 Å². The van der Waals surface area contributed by atoms with Gasteiger partial charge < -0.3 is 31.3 Å². The average molecular weight is 430 g/mol. The van der Waals surface area contributed by atoms with Crippen LogP contribution in [0.2, 0.25) is 5.02 Å². The summed E-state index contributed by atoms with van der Waals surface area (Å²) in [5.74, 6) is -2.86. The topological polar surface area (TPSA) is 151 Å². The van der Waals surface area contributed by atoms with Gasteiger partial charge in [0.25, 0.3) is 5.91 Å². The van der Waals surface area contributed by atoms with Gasteiger partial charge in [-0.1, -0.05) is 25.4 Å². The third-order valence-electron chi connectivity index (χ3n) is 3.97. The van der Waals surface area contributed by atoms with Crippen LogP contribution in [0.15, 0.2) is 18.2 Å². The van der Waals surface area contributed by atoms with Crippen molar-refractivity contribution < 1.29 is 29.3 Å². The molecule has 0 saturated heterocycles. The Labute approximate surface area is 174 Å². The Morgan fingerprint density at radius 3 is 2.24 bits per heavy atom. The van der Waals surface area contributed by atoms with Crippen LogP contribution in [-0.2, 0) is 9.59 Å². The molecule has 0 aliphatic rings. The molecule has 0 aromatic heterocycles. The fourth-order valence-corrected chi connectivity index (χ4v) is 2.58. The maximum Gasteiger partial charge on any atom is 0.328 e. The molecule has 1 aromatic carbocycles. The van der Waals surface area contributed by atoms with Crippen molar-refractivity contribution in [2.75, 3.05) is 6.61 Å². The molecule has 4 atom stereocenters. The van der Waals surface area contributed by atoms with Gasteiger partial charge in [0, 0.05) is 11.1 Å². The van der Waals surface area contributed by atoms with Crippen molar-refractivity contribution in [3.05, 3.63) is 28.8 Å². The summed E-state index contributed by atoms with van der Waals surface area (Å²) in [4.78, 5) is 36.6. The molecule has 1 aromatic rings. The number of rotatable bonds is 10. The van der Waals surface area contributed by atoms with E-state index in [-0.39, 0.29) is 29.9 Å². The van der Waals surface area contributed by atoms with Crippen molar-refractivity contribution in [3.63, 3.8) is 0 Å². The standard InChI is InChI=1S/C19H28ClN3O6/c1-9(2)15(18(26)23-16(11(4)24)19(27)28)22-17(25)13-7-12(20)5-6-14(13)29-8-10(3)21/h5-7,9-11,15-16,24H,8,21H2,1-4H3,(H,22,25)(H,23,26)(H,27,28)/t10-,11-,15+,16+/m1/s1. The maximum atomic E-state index is 12.8. The molecule has 0 aliphatic heterocycles. The monoisotopic (exact) mass is 429 g/mol. The molecule has 29 heavy (non-hydrogen) atoms. The molecule has 0 fully saturated rings. The van der Waals surface area contributed by atoms with E-state index in [1.807, 2.05) is 0 Å². The number of hydrogen-bond donors (Lipinski definition) is 5. The third-order valence-corrected chi connectivity index (χ3v) is 4.21. The molecule has 0 heterocycles. The molecule has 162 valence electrons. The highest BCUT2D eigenvalue weighted by Crippen LogP contribution is 2.23. The van der Waals surface area contributed by atoms with Gasteiger partial charge in [-0.25, -0.2) is 4.79 Å². The first-order valence-electron chi connectivity index (χ1n) is 9.14. The minimum absolute atomic E-state index is 0.113. The summed E-state index contributed by atoms with van der Waals surface area (Å²) in [7, 11) is 0. The van der Waals surface area contributed by atoms with Crippen molar-refractivity contribution in [3.8, 4) is 5.75 Å². The number of aliphatic hydroxyl groups is 1. The molecule has 10 heteroatoms. The summed E-state index contributed by atoms with van der Waals surface area (Å²) in [6, 6.07) is 1.67. The Bertz CT molecular complexity index is 739. The minimum Gasteiger partial charge on any atom is -0.491 e. The quantitative estimate of drug-likeness (QED) is 0.368. The number of nitrogens with two attached hydrogens (primary N) is 1. The number of amides is 2. The normalized spacial score (nSPS) is 15.2. The lowest BCUT2D eigenvalue weighted by Crippen LogP contribution is -2.56. The van der Waals surface area contributed by atoms with Crippen LogP contribution in [0.3, 0.4) is 0 Å². The highest BCUT2D eigenvalue weighted by molar-refractivity contribution is 6.31. The number of benzene rings is 1. The molecule has 9 nitrogen and oxygen atoms in total. The van der Waals surface area contributed by atoms with Crippen LogP contribution in [0.1, 0.15) is 38.1 Å². The van der Waals surface area contributed by atoms with Crippen LogP contribution >= 0.6 is 11.6 Å². The predicted molar refractivity (Wildman–Crippen MR) is 108 cm³/mol. The highest BCUT2D eigenvalue weighted by Gasteiger charge is 2.31. The first-order valence-corrected chi connectivity index (χ1v) is 9.51. The van der Waals surface area contributed by atoms with Crippen molar-refractivity contribution >= 4 is 29.4 Å². The van der Waals surface area contributed by atoms with E-state index in [2.05, 4.69) is 10.6 Å². The second-order valence-electron chi connectivity index (χ2n) is 7.19. The number of hydrogen-bond acceptors (Lipinski definition) is 6. The Balaban J connectivity index is 3.05. The van der Waals surface area contributed by atoms with Crippen LogP contribution < -0.4 is 21.1 Å². The molecule has 0 radical (unpaired) electrons. The summed E-state index contributed by atoms with van der Waals surface area (Å²) in [5, 5.41) is 23.8. The first-order chi connectivity index (χ1) is 13.4. The lowest BCUT2D eigenvalue weighted by molar-refractivity contribution is -0.145. The summed E-state index contributed by atoms with van der Waals surface area (Å²) in [5.41, 5.74) is 5.79. The van der Waals surface area contributed by atoms with E-state index in [0.717, 1.165) is 0 Å². The van der Waals surface area contributed by atoms with E-state index in [1.165, 1.54) is 19.1 Å². The SMILES string of the molecule is CC(C)[C@H](NC(=O)c1cc(Cl)ccc1OC[C@@H](C)N)C(=O)N[C@H](C(=O)O)[C@@H](C)O. The third kappa shape index (κ3) is 7.52. The molecular weight excluding hydrogens is 402 g/mol. The molecule has 0 bridgehead atoms. The Morgan fingerprint density at radius 2 is 1.76 bits per heavy atom. The summed E-state index contributed by atoms with van der Waals surface area (Å²) >= 11 is 5.99. The summed E-state index contributed by atoms with van der Waals surface area (Å²) < 4.78 is 5.55. The summed E-state index contributed by atoms with van der Waals surface area (Å²) in [6.45, 7) is 6.54. The van der Waals surface area contributed by atoms with Crippen LogP contribution in [0.5, 0.6) is 5.75 Å². The van der Waals surface area contributed by atoms with Gasteiger partial charge in [-0.3, -0.25) is 9.59 Å². The first kappa shape index (κ1) is 24.7. The number of aliphatic carboxylic acids is 1. The lowest BCUT2D eigenvalue weighted by atomic mass is 10.0. The van der Waals surface area contributed by atoms with Gasteiger partial charge in [-0.2, -0.15) is 0 Å². The van der Waals surface area contributed by atoms with Crippen molar-refractivity contribution in [1.82, 2.24) is 10.6 Å². The maximum absolute atomic E-state index is 12.8. The van der Waals surface area contributed by atoms with E-state index < -0.39 is 36.0 Å². The average Bonchev–Trinajstić information content (AvgIpc) is 2.61. The number of aliphatic hydroxyl groups excluding tert-OH is 1. The number of halogens is 1. The highest BCUT2D eigenvalue weighted by atomic mass is 35.5. The second-order valence-corrected chi connectivity index (χ2v) is 7.63. The van der Waals surface area contributed by atoms with Crippen LogP contribution in [0.4, 0.5) is 0 Å². The van der Waals surface area contributed by atoms with Gasteiger partial charge in [-0.05, 0) is 38.0 Å². The zero-order valence-corrected chi connectivity index (χ0v) is 17.6. The van der Waals surface area contributed by atoms with E-state index in [0.29, 0.717) is 5.02 Å². The van der Waals surface area contributed by atoms with Gasteiger partial charge in [0.2, 0.25) is 5.91 Å². The molecule has 0 saturated carbocycles. The molecule has 0 aliphatic carbocycles. The zero-order chi connectivity index (χ0) is 22.3. The largest absolute Gasteiger partial charge is 0.491 e. The Hall–Kier alpha value is -2.36. The Kier molecular flexibility index (Phi) is 9.35. The van der Waals surface area contributed by atoms with Gasteiger partial charge in [0.15, 0.2) is 6.04 Å². The molecule has 2 amide bonds. The fraction of sp³-hybridized carbons (Fsp3) is 0.526. The molecular formula is C19H28ClN3O6.